The first-order valence-corrected chi connectivity index (χ1v) is 10.4. The van der Waals surface area contributed by atoms with Crippen molar-refractivity contribution < 1.29 is 18.9 Å². The van der Waals surface area contributed by atoms with Gasteiger partial charge in [0.25, 0.3) is 0 Å². The number of nitrogens with zero attached hydrogens (tertiary/aromatic N) is 1. The molecule has 0 bridgehead atoms. The third kappa shape index (κ3) is 9.90. The van der Waals surface area contributed by atoms with Gasteiger partial charge in [-0.15, -0.1) is 5.32 Å². The molecule has 0 aromatic rings. The molecule has 0 aliphatic carbocycles. The molecule has 0 unspecified atom stereocenters. The maximum Gasteiger partial charge on any atom is 0.247 e. The molecule has 0 fully saturated rings. The second kappa shape index (κ2) is 14.9. The highest BCUT2D eigenvalue weighted by Gasteiger charge is 2.45. The molecule has 0 saturated heterocycles. The van der Waals surface area contributed by atoms with E-state index in [2.05, 4.69) is 41.5 Å². The minimum Gasteiger partial charge on any atom is -0.336 e. The molecule has 0 spiro atoms. The average molecular weight is 361 g/mol. The van der Waals surface area contributed by atoms with Crippen LogP contribution < -0.4 is 5.32 Å². The summed E-state index contributed by atoms with van der Waals surface area (Å²) < 4.78 is 24.5. The lowest BCUT2D eigenvalue weighted by Gasteiger charge is -2.42. The van der Waals surface area contributed by atoms with Crippen molar-refractivity contribution in [3.63, 3.8) is 0 Å². The first-order chi connectivity index (χ1) is 12.1. The van der Waals surface area contributed by atoms with Crippen molar-refractivity contribution in [3.8, 4) is 0 Å². The van der Waals surface area contributed by atoms with Crippen LogP contribution in [0.15, 0.2) is 0 Å². The quantitative estimate of drug-likeness (QED) is 0.315. The van der Waals surface area contributed by atoms with E-state index >= 15 is 0 Å². The molecule has 0 atom stereocenters. The Morgan fingerprint density at radius 2 is 0.760 bits per heavy atom. The van der Waals surface area contributed by atoms with Gasteiger partial charge in [-0.05, 0) is 38.5 Å². The molecular formula is C20H42NO4. The van der Waals surface area contributed by atoms with Crippen molar-refractivity contribution in [1.82, 2.24) is 5.32 Å². The lowest BCUT2D eigenvalue weighted by Crippen LogP contribution is -2.58. The molecule has 0 rings (SSSR count). The van der Waals surface area contributed by atoms with Gasteiger partial charge in [0.1, 0.15) is 0 Å². The van der Waals surface area contributed by atoms with Crippen LogP contribution in [0.1, 0.15) is 92.9 Å². The van der Waals surface area contributed by atoms with Gasteiger partial charge in [0.2, 0.25) is 11.8 Å². The van der Waals surface area contributed by atoms with E-state index in [1.807, 2.05) is 0 Å². The standard InChI is InChI=1S/C20H42NO4/c1-7-13-19(22-15-9-3,23-16-10-4)21-20(14-8-2,24-17-11-5)25-18-12-6/h7-18H2,1-6H3. The molecule has 0 aromatic heterocycles. The Balaban J connectivity index is 5.52. The van der Waals surface area contributed by atoms with Crippen LogP contribution in [0.4, 0.5) is 0 Å². The summed E-state index contributed by atoms with van der Waals surface area (Å²) in [5.41, 5.74) is 0. The highest BCUT2D eigenvalue weighted by atomic mass is 16.8. The Bertz CT molecular complexity index is 255. The highest BCUT2D eigenvalue weighted by Crippen LogP contribution is 2.29. The van der Waals surface area contributed by atoms with Gasteiger partial charge < -0.3 is 18.9 Å². The van der Waals surface area contributed by atoms with E-state index in [1.165, 1.54) is 0 Å². The van der Waals surface area contributed by atoms with Gasteiger partial charge in [-0.2, -0.15) is 0 Å². The lowest BCUT2D eigenvalue weighted by atomic mass is 10.2. The molecule has 1 radical (unpaired) electrons. The summed E-state index contributed by atoms with van der Waals surface area (Å²) >= 11 is 0. The molecule has 0 aliphatic heterocycles. The largest absolute Gasteiger partial charge is 0.336 e. The van der Waals surface area contributed by atoms with Crippen LogP contribution in [-0.4, -0.2) is 38.2 Å². The molecule has 0 heterocycles. The van der Waals surface area contributed by atoms with Crippen molar-refractivity contribution in [2.45, 2.75) is 105 Å². The molecular weight excluding hydrogens is 318 g/mol. The van der Waals surface area contributed by atoms with Gasteiger partial charge >= 0.3 is 0 Å². The maximum atomic E-state index is 6.13. The molecule has 0 aromatic carbocycles. The molecule has 0 aliphatic rings. The summed E-state index contributed by atoms with van der Waals surface area (Å²) in [6.45, 7) is 15.1. The SMILES string of the molecule is CCCOC(CCC)([N]C(CCC)(OCCC)OCCC)OCCC. The van der Waals surface area contributed by atoms with Crippen molar-refractivity contribution in [2.75, 3.05) is 26.4 Å². The molecule has 0 amide bonds. The van der Waals surface area contributed by atoms with Gasteiger partial charge in [0.05, 0.1) is 26.4 Å². The third-order valence-electron chi connectivity index (χ3n) is 3.60. The van der Waals surface area contributed by atoms with Crippen LogP contribution in [0, 0.1) is 0 Å². The van der Waals surface area contributed by atoms with E-state index in [4.69, 9.17) is 24.3 Å². The predicted octanol–water partition coefficient (Wildman–Crippen LogP) is 5.21. The summed E-state index contributed by atoms with van der Waals surface area (Å²) in [5.74, 6) is -1.98. The van der Waals surface area contributed by atoms with E-state index in [0.717, 1.165) is 38.5 Å². The number of hydrogen-bond donors (Lipinski definition) is 0. The zero-order chi connectivity index (χ0) is 19.0. The summed E-state index contributed by atoms with van der Waals surface area (Å²) in [7, 11) is 0. The zero-order valence-electron chi connectivity index (χ0n) is 17.6. The minimum atomic E-state index is -0.989. The van der Waals surface area contributed by atoms with Crippen LogP contribution in [0.25, 0.3) is 0 Å². The van der Waals surface area contributed by atoms with Crippen molar-refractivity contribution in [1.29, 1.82) is 0 Å². The van der Waals surface area contributed by atoms with Crippen LogP contribution in [0.2, 0.25) is 0 Å². The summed E-state index contributed by atoms with van der Waals surface area (Å²) in [5, 5.41) is 4.98. The van der Waals surface area contributed by atoms with Crippen LogP contribution in [0.3, 0.4) is 0 Å². The first-order valence-electron chi connectivity index (χ1n) is 10.4. The summed E-state index contributed by atoms with van der Waals surface area (Å²) in [6.07, 6.45) is 6.91. The fraction of sp³-hybridized carbons (Fsp3) is 1.00. The van der Waals surface area contributed by atoms with Crippen molar-refractivity contribution in [2.24, 2.45) is 0 Å². The second-order valence-corrected chi connectivity index (χ2v) is 6.43. The fourth-order valence-electron chi connectivity index (χ4n) is 2.55. The predicted molar refractivity (Wildman–Crippen MR) is 102 cm³/mol. The van der Waals surface area contributed by atoms with E-state index in [0.29, 0.717) is 39.3 Å². The highest BCUT2D eigenvalue weighted by molar-refractivity contribution is 4.77. The molecule has 0 N–H and O–H groups in total. The normalized spacial score (nSPS) is 12.7. The fourth-order valence-corrected chi connectivity index (χ4v) is 2.55. The second-order valence-electron chi connectivity index (χ2n) is 6.43. The maximum absolute atomic E-state index is 6.13. The van der Waals surface area contributed by atoms with Crippen LogP contribution >= 0.6 is 0 Å². The van der Waals surface area contributed by atoms with Crippen molar-refractivity contribution in [3.05, 3.63) is 0 Å². The number of hydrogen-bond acceptors (Lipinski definition) is 4. The molecule has 25 heavy (non-hydrogen) atoms. The topological polar surface area (TPSA) is 51.0 Å². The smallest absolute Gasteiger partial charge is 0.247 e. The van der Waals surface area contributed by atoms with Gasteiger partial charge in [-0.25, -0.2) is 0 Å². The van der Waals surface area contributed by atoms with Gasteiger partial charge in [0, 0.05) is 12.8 Å². The molecule has 5 nitrogen and oxygen atoms in total. The number of ether oxygens (including phenoxy) is 4. The van der Waals surface area contributed by atoms with E-state index in [9.17, 15) is 0 Å². The Hall–Kier alpha value is -0.200. The van der Waals surface area contributed by atoms with Crippen LogP contribution in [0.5, 0.6) is 0 Å². The Kier molecular flexibility index (Phi) is 14.8. The Morgan fingerprint density at radius 1 is 0.480 bits per heavy atom. The van der Waals surface area contributed by atoms with Crippen molar-refractivity contribution >= 4 is 0 Å². The monoisotopic (exact) mass is 360 g/mol. The third-order valence-corrected chi connectivity index (χ3v) is 3.60. The Morgan fingerprint density at radius 3 is 0.960 bits per heavy atom. The Labute approximate surface area is 156 Å². The lowest BCUT2D eigenvalue weighted by molar-refractivity contribution is -0.351. The summed E-state index contributed by atoms with van der Waals surface area (Å²) in [4.78, 5) is 0. The van der Waals surface area contributed by atoms with Gasteiger partial charge in [-0.3, -0.25) is 0 Å². The van der Waals surface area contributed by atoms with E-state index in [1.54, 1.807) is 0 Å². The average Bonchev–Trinajstić information content (AvgIpc) is 2.61. The van der Waals surface area contributed by atoms with Gasteiger partial charge in [-0.1, -0.05) is 41.5 Å². The molecule has 5 heteroatoms. The summed E-state index contributed by atoms with van der Waals surface area (Å²) in [6, 6.07) is 0. The van der Waals surface area contributed by atoms with Gasteiger partial charge in [0.15, 0.2) is 0 Å². The molecule has 151 valence electrons. The van der Waals surface area contributed by atoms with E-state index < -0.39 is 11.8 Å². The van der Waals surface area contributed by atoms with Crippen LogP contribution in [-0.2, 0) is 18.9 Å². The first kappa shape index (κ1) is 24.8. The van der Waals surface area contributed by atoms with E-state index in [-0.39, 0.29) is 0 Å². The minimum absolute atomic E-state index is 0.608. The zero-order valence-corrected chi connectivity index (χ0v) is 17.6. The number of rotatable bonds is 18. The molecule has 0 saturated carbocycles.